The van der Waals surface area contributed by atoms with E-state index in [1.54, 1.807) is 11.8 Å². The first kappa shape index (κ1) is 18.5. The molecule has 1 aliphatic rings. The third-order valence-electron chi connectivity index (χ3n) is 3.78. The first-order chi connectivity index (χ1) is 10.7. The first-order valence-corrected chi connectivity index (χ1v) is 12.4. The quantitative estimate of drug-likeness (QED) is 0.627. The number of ether oxygens (including phenoxy) is 1. The molecule has 0 radical (unpaired) electrons. The summed E-state index contributed by atoms with van der Waals surface area (Å²) >= 11 is 1.55. The number of H-pyrrole nitrogens is 1. The summed E-state index contributed by atoms with van der Waals surface area (Å²) in [5.41, 5.74) is -1.06. The van der Waals surface area contributed by atoms with E-state index < -0.39 is 37.8 Å². The predicted octanol–water partition coefficient (Wildman–Crippen LogP) is 0.227. The number of nitrogens with zero attached hydrogens (tertiary/aromatic N) is 1. The molecule has 1 fully saturated rings. The van der Waals surface area contributed by atoms with Crippen LogP contribution in [0.4, 0.5) is 0 Å². The van der Waals surface area contributed by atoms with E-state index in [2.05, 4.69) is 24.6 Å². The summed E-state index contributed by atoms with van der Waals surface area (Å²) in [7, 11) is -1.20. The Hall–Kier alpha value is -0.873. The molecule has 1 aromatic rings. The molecular formula is C14H24N2O5SSi. The largest absolute Gasteiger partial charge is 0.394 e. The molecule has 0 spiro atoms. The summed E-state index contributed by atoms with van der Waals surface area (Å²) in [5, 5.41) is 19.4. The Morgan fingerprint density at radius 3 is 2.65 bits per heavy atom. The van der Waals surface area contributed by atoms with Gasteiger partial charge in [0.1, 0.15) is 6.10 Å². The van der Waals surface area contributed by atoms with Crippen molar-refractivity contribution in [1.82, 2.24) is 9.55 Å². The van der Waals surface area contributed by atoms with E-state index in [1.165, 1.54) is 16.8 Å². The number of aromatic nitrogens is 2. The minimum atomic E-state index is -1.20. The summed E-state index contributed by atoms with van der Waals surface area (Å²) in [5.74, 6) is 0.855. The maximum absolute atomic E-state index is 12.0. The molecule has 0 bridgehead atoms. The molecule has 23 heavy (non-hydrogen) atoms. The molecule has 9 heteroatoms. The van der Waals surface area contributed by atoms with Crippen molar-refractivity contribution in [3.05, 3.63) is 33.1 Å². The van der Waals surface area contributed by atoms with E-state index in [9.17, 15) is 19.8 Å². The van der Waals surface area contributed by atoms with E-state index in [1.807, 2.05) is 0 Å². The number of rotatable bonds is 6. The van der Waals surface area contributed by atoms with Crippen LogP contribution in [0.3, 0.4) is 0 Å². The lowest BCUT2D eigenvalue weighted by Crippen LogP contribution is -2.36. The van der Waals surface area contributed by atoms with Crippen LogP contribution >= 0.6 is 11.8 Å². The number of aromatic amines is 1. The van der Waals surface area contributed by atoms with E-state index in [-0.39, 0.29) is 11.9 Å². The summed E-state index contributed by atoms with van der Waals surface area (Å²) < 4.78 is 6.93. The van der Waals surface area contributed by atoms with E-state index in [4.69, 9.17) is 4.74 Å². The van der Waals surface area contributed by atoms with Crippen LogP contribution < -0.4 is 11.2 Å². The molecule has 4 atom stereocenters. The van der Waals surface area contributed by atoms with Crippen molar-refractivity contribution in [3.8, 4) is 0 Å². The van der Waals surface area contributed by atoms with Gasteiger partial charge in [-0.25, -0.2) is 4.79 Å². The predicted molar refractivity (Wildman–Crippen MR) is 92.7 cm³/mol. The third-order valence-corrected chi connectivity index (χ3v) is 7.23. The highest BCUT2D eigenvalue weighted by Gasteiger charge is 2.45. The van der Waals surface area contributed by atoms with Crippen LogP contribution in [0, 0.1) is 0 Å². The Morgan fingerprint density at radius 2 is 2.09 bits per heavy atom. The minimum absolute atomic E-state index is 0.319. The second-order valence-corrected chi connectivity index (χ2v) is 13.8. The zero-order chi connectivity index (χ0) is 17.2. The second kappa shape index (κ2) is 7.35. The van der Waals surface area contributed by atoms with Gasteiger partial charge >= 0.3 is 5.69 Å². The van der Waals surface area contributed by atoms with Crippen molar-refractivity contribution < 1.29 is 14.9 Å². The van der Waals surface area contributed by atoms with E-state index in [0.29, 0.717) is 0 Å². The van der Waals surface area contributed by atoms with Crippen molar-refractivity contribution in [2.24, 2.45) is 0 Å². The normalized spacial score (nSPS) is 28.2. The number of hydrogen-bond acceptors (Lipinski definition) is 6. The van der Waals surface area contributed by atoms with Gasteiger partial charge in [-0.15, -0.1) is 0 Å². The highest BCUT2D eigenvalue weighted by atomic mass is 32.2. The SMILES string of the molecule is C[Si](C)(C)CCSC1C(O)C(CO)OC1n1ccc(=O)[nH]c1=O. The second-order valence-electron chi connectivity index (χ2n) is 6.90. The average Bonchev–Trinajstić information content (AvgIpc) is 2.75. The van der Waals surface area contributed by atoms with Crippen LogP contribution in [0.2, 0.25) is 25.7 Å². The molecule has 1 saturated heterocycles. The summed E-state index contributed by atoms with van der Waals surface area (Å²) in [6.07, 6.45) is -0.943. The molecule has 0 amide bonds. The zero-order valence-electron chi connectivity index (χ0n) is 13.6. The molecule has 0 aliphatic carbocycles. The van der Waals surface area contributed by atoms with Gasteiger partial charge in [0.15, 0.2) is 6.23 Å². The van der Waals surface area contributed by atoms with E-state index >= 15 is 0 Å². The van der Waals surface area contributed by atoms with Gasteiger partial charge in [0, 0.05) is 20.3 Å². The average molecular weight is 361 g/mol. The van der Waals surface area contributed by atoms with Gasteiger partial charge in [-0.1, -0.05) is 19.6 Å². The number of aliphatic hydroxyl groups is 2. The highest BCUT2D eigenvalue weighted by Crippen LogP contribution is 2.37. The highest BCUT2D eigenvalue weighted by molar-refractivity contribution is 8.00. The van der Waals surface area contributed by atoms with Gasteiger partial charge < -0.3 is 14.9 Å². The molecule has 7 nitrogen and oxygen atoms in total. The van der Waals surface area contributed by atoms with Crippen LogP contribution in [0.25, 0.3) is 0 Å². The van der Waals surface area contributed by atoms with Gasteiger partial charge in [0.2, 0.25) is 0 Å². The molecule has 1 aromatic heterocycles. The molecule has 4 unspecified atom stereocenters. The molecule has 1 aliphatic heterocycles. The fourth-order valence-corrected chi connectivity index (χ4v) is 6.33. The smallest absolute Gasteiger partial charge is 0.330 e. The molecular weight excluding hydrogens is 336 g/mol. The molecule has 0 saturated carbocycles. The van der Waals surface area contributed by atoms with E-state index in [0.717, 1.165) is 11.8 Å². The Kier molecular flexibility index (Phi) is 5.90. The van der Waals surface area contributed by atoms with Crippen LogP contribution in [0.1, 0.15) is 6.23 Å². The maximum Gasteiger partial charge on any atom is 0.330 e. The van der Waals surface area contributed by atoms with Gasteiger partial charge in [0.05, 0.1) is 18.0 Å². The molecule has 2 heterocycles. The fraction of sp³-hybridized carbons (Fsp3) is 0.714. The van der Waals surface area contributed by atoms with Crippen molar-refractivity contribution in [2.75, 3.05) is 12.4 Å². The van der Waals surface area contributed by atoms with Gasteiger partial charge in [-0.3, -0.25) is 14.3 Å². The maximum atomic E-state index is 12.0. The fourth-order valence-electron chi connectivity index (χ4n) is 2.40. The molecule has 0 aromatic carbocycles. The van der Waals surface area contributed by atoms with Crippen molar-refractivity contribution in [2.45, 2.75) is 49.4 Å². The zero-order valence-corrected chi connectivity index (χ0v) is 15.4. The topological polar surface area (TPSA) is 105 Å². The number of thioether (sulfide) groups is 1. The number of nitrogens with one attached hydrogen (secondary N) is 1. The number of hydrogen-bond donors (Lipinski definition) is 3. The van der Waals surface area contributed by atoms with Crippen LogP contribution in [-0.2, 0) is 4.74 Å². The molecule has 3 N–H and O–H groups in total. The van der Waals surface area contributed by atoms with Gasteiger partial charge in [-0.2, -0.15) is 11.8 Å². The lowest BCUT2D eigenvalue weighted by atomic mass is 10.2. The van der Waals surface area contributed by atoms with Crippen LogP contribution in [0.15, 0.2) is 21.9 Å². The summed E-state index contributed by atoms with van der Waals surface area (Å²) in [4.78, 5) is 25.4. The van der Waals surface area contributed by atoms with Crippen LogP contribution in [0.5, 0.6) is 0 Å². The first-order valence-electron chi connectivity index (χ1n) is 7.60. The Labute approximate surface area is 139 Å². The minimum Gasteiger partial charge on any atom is -0.394 e. The summed E-state index contributed by atoms with van der Waals surface area (Å²) in [6, 6.07) is 2.32. The molecule has 130 valence electrons. The lowest BCUT2D eigenvalue weighted by Gasteiger charge is -2.23. The molecule has 2 rings (SSSR count). The monoisotopic (exact) mass is 360 g/mol. The Bertz CT molecular complexity index is 641. The Morgan fingerprint density at radius 1 is 1.39 bits per heavy atom. The third kappa shape index (κ3) is 4.57. The van der Waals surface area contributed by atoms with Gasteiger partial charge in [0.25, 0.3) is 5.56 Å². The number of aliphatic hydroxyl groups excluding tert-OH is 2. The lowest BCUT2D eigenvalue weighted by molar-refractivity contribution is -0.0457. The van der Waals surface area contributed by atoms with Crippen molar-refractivity contribution in [1.29, 1.82) is 0 Å². The van der Waals surface area contributed by atoms with Crippen molar-refractivity contribution in [3.63, 3.8) is 0 Å². The Balaban J connectivity index is 2.20. The van der Waals surface area contributed by atoms with Gasteiger partial charge in [-0.05, 0) is 11.8 Å². The van der Waals surface area contributed by atoms with Crippen LogP contribution in [-0.4, -0.2) is 57.7 Å². The standard InChI is InChI=1S/C14H24N2O5SSi/c1-23(2,3)7-6-22-12-11(19)9(8-17)21-13(12)16-5-4-10(18)15-14(16)20/h4-5,9,11-13,17,19H,6-8H2,1-3H3,(H,15,18,20). The summed E-state index contributed by atoms with van der Waals surface area (Å²) in [6.45, 7) is 6.50. The van der Waals surface area contributed by atoms with Crippen molar-refractivity contribution >= 4 is 19.8 Å².